The predicted molar refractivity (Wildman–Crippen MR) is 89.3 cm³/mol. The summed E-state index contributed by atoms with van der Waals surface area (Å²) in [6, 6.07) is 15.6. The number of nitrogens with zero attached hydrogens (tertiary/aromatic N) is 1. The minimum absolute atomic E-state index is 0.138. The van der Waals surface area contributed by atoms with Gasteiger partial charge in [0.25, 0.3) is 0 Å². The highest BCUT2D eigenvalue weighted by atomic mass is 127. The number of anilines is 1. The molecule has 21 heavy (non-hydrogen) atoms. The van der Waals surface area contributed by atoms with Crippen molar-refractivity contribution in [3.05, 3.63) is 68.6 Å². The summed E-state index contributed by atoms with van der Waals surface area (Å²) in [6.07, 6.45) is 0. The second-order valence-electron chi connectivity index (χ2n) is 4.78. The van der Waals surface area contributed by atoms with Crippen LogP contribution >= 0.6 is 22.6 Å². The number of nitrogens with two attached hydrogens (primary N) is 2. The monoisotopic (exact) mass is 389 g/mol. The average molecular weight is 389 g/mol. The molecule has 1 heterocycles. The van der Waals surface area contributed by atoms with Crippen molar-refractivity contribution in [2.75, 3.05) is 5.73 Å². The topological polar surface area (TPSA) is 85.1 Å². The van der Waals surface area contributed by atoms with Crippen LogP contribution in [0.1, 0.15) is 17.0 Å². The average Bonchev–Trinajstić information content (AvgIpc) is 2.45. The van der Waals surface area contributed by atoms with Crippen LogP contribution in [-0.2, 0) is 0 Å². The molecule has 4 nitrogen and oxygen atoms in total. The quantitative estimate of drug-likeness (QED) is 0.580. The van der Waals surface area contributed by atoms with Crippen LogP contribution in [0.4, 0.5) is 5.69 Å². The molecule has 0 saturated carbocycles. The standard InChI is InChI=1S/C16H12IN3O/c17-10-3-1-2-9(6-10)15-12-5-4-11(19)7-14(12)21-16(20)13(15)8-18/h1-7,15H,19-20H2. The Morgan fingerprint density at radius 1 is 1.14 bits per heavy atom. The molecule has 0 aromatic heterocycles. The number of hydrogen-bond acceptors (Lipinski definition) is 4. The van der Waals surface area contributed by atoms with Gasteiger partial charge in [-0.1, -0.05) is 18.2 Å². The minimum Gasteiger partial charge on any atom is -0.440 e. The number of allylic oxidation sites excluding steroid dienone is 1. The Balaban J connectivity index is 2.24. The molecule has 0 radical (unpaired) electrons. The Hall–Kier alpha value is -2.20. The van der Waals surface area contributed by atoms with Gasteiger partial charge in [0.15, 0.2) is 0 Å². The van der Waals surface area contributed by atoms with Gasteiger partial charge in [-0.05, 0) is 46.4 Å². The molecule has 0 fully saturated rings. The van der Waals surface area contributed by atoms with Crippen LogP contribution in [-0.4, -0.2) is 0 Å². The molecule has 1 atom stereocenters. The fourth-order valence-electron chi connectivity index (χ4n) is 2.50. The van der Waals surface area contributed by atoms with Crippen LogP contribution in [0.5, 0.6) is 5.75 Å². The van der Waals surface area contributed by atoms with Crippen molar-refractivity contribution in [3.8, 4) is 11.8 Å². The summed E-state index contributed by atoms with van der Waals surface area (Å²) in [7, 11) is 0. The molecule has 104 valence electrons. The van der Waals surface area contributed by atoms with Gasteiger partial charge >= 0.3 is 0 Å². The molecule has 5 heteroatoms. The molecule has 0 amide bonds. The maximum atomic E-state index is 9.45. The highest BCUT2D eigenvalue weighted by Crippen LogP contribution is 2.42. The lowest BCUT2D eigenvalue weighted by atomic mass is 9.83. The summed E-state index contributed by atoms with van der Waals surface area (Å²) in [5.41, 5.74) is 14.6. The predicted octanol–water partition coefficient (Wildman–Crippen LogP) is 3.09. The number of rotatable bonds is 1. The van der Waals surface area contributed by atoms with Crippen molar-refractivity contribution in [2.24, 2.45) is 5.73 Å². The Labute approximate surface area is 136 Å². The molecule has 0 saturated heterocycles. The van der Waals surface area contributed by atoms with E-state index in [1.54, 1.807) is 12.1 Å². The molecule has 1 aliphatic heterocycles. The number of nitrogen functional groups attached to an aromatic ring is 1. The van der Waals surface area contributed by atoms with E-state index in [2.05, 4.69) is 28.7 Å². The van der Waals surface area contributed by atoms with Crippen molar-refractivity contribution >= 4 is 28.3 Å². The van der Waals surface area contributed by atoms with E-state index in [9.17, 15) is 5.26 Å². The summed E-state index contributed by atoms with van der Waals surface area (Å²) < 4.78 is 6.65. The number of halogens is 1. The lowest BCUT2D eigenvalue weighted by Crippen LogP contribution is -2.21. The van der Waals surface area contributed by atoms with Gasteiger partial charge < -0.3 is 16.2 Å². The maximum Gasteiger partial charge on any atom is 0.205 e. The molecule has 1 aliphatic rings. The van der Waals surface area contributed by atoms with Crippen LogP contribution < -0.4 is 16.2 Å². The first-order valence-corrected chi connectivity index (χ1v) is 7.40. The van der Waals surface area contributed by atoms with Crippen molar-refractivity contribution in [1.29, 1.82) is 5.26 Å². The van der Waals surface area contributed by atoms with Gasteiger partial charge in [0, 0.05) is 20.9 Å². The molecule has 0 spiro atoms. The summed E-state index contributed by atoms with van der Waals surface area (Å²) >= 11 is 2.25. The third kappa shape index (κ3) is 2.43. The van der Waals surface area contributed by atoms with Crippen molar-refractivity contribution < 1.29 is 4.74 Å². The zero-order chi connectivity index (χ0) is 15.0. The normalized spacial score (nSPS) is 16.9. The molecule has 2 aromatic rings. The summed E-state index contributed by atoms with van der Waals surface area (Å²) in [5, 5.41) is 9.45. The maximum absolute atomic E-state index is 9.45. The van der Waals surface area contributed by atoms with Gasteiger partial charge in [-0.15, -0.1) is 0 Å². The van der Waals surface area contributed by atoms with E-state index in [4.69, 9.17) is 16.2 Å². The van der Waals surface area contributed by atoms with E-state index in [-0.39, 0.29) is 11.8 Å². The number of ether oxygens (including phenoxy) is 1. The van der Waals surface area contributed by atoms with Crippen LogP contribution in [0, 0.1) is 14.9 Å². The van der Waals surface area contributed by atoms with E-state index in [1.165, 1.54) is 0 Å². The first kappa shape index (κ1) is 13.8. The van der Waals surface area contributed by atoms with Gasteiger partial charge in [-0.3, -0.25) is 0 Å². The van der Waals surface area contributed by atoms with Crippen molar-refractivity contribution in [1.82, 2.24) is 0 Å². The zero-order valence-electron chi connectivity index (χ0n) is 11.0. The van der Waals surface area contributed by atoms with E-state index in [0.29, 0.717) is 17.0 Å². The molecule has 0 aliphatic carbocycles. The van der Waals surface area contributed by atoms with Gasteiger partial charge in [0.1, 0.15) is 17.4 Å². The zero-order valence-corrected chi connectivity index (χ0v) is 13.2. The number of benzene rings is 2. The smallest absolute Gasteiger partial charge is 0.205 e. The van der Waals surface area contributed by atoms with Crippen LogP contribution in [0.3, 0.4) is 0 Å². The lowest BCUT2D eigenvalue weighted by Gasteiger charge is -2.26. The highest BCUT2D eigenvalue weighted by molar-refractivity contribution is 14.1. The molecular formula is C16H12IN3O. The molecule has 0 bridgehead atoms. The SMILES string of the molecule is N#CC1=C(N)Oc2cc(N)ccc2C1c1cccc(I)c1. The first-order valence-electron chi connectivity index (χ1n) is 6.32. The Morgan fingerprint density at radius 2 is 1.95 bits per heavy atom. The van der Waals surface area contributed by atoms with Crippen molar-refractivity contribution in [3.63, 3.8) is 0 Å². The fraction of sp³-hybridized carbons (Fsp3) is 0.0625. The lowest BCUT2D eigenvalue weighted by molar-refractivity contribution is 0.394. The van der Waals surface area contributed by atoms with E-state index >= 15 is 0 Å². The first-order chi connectivity index (χ1) is 10.1. The third-order valence-corrected chi connectivity index (χ3v) is 4.10. The molecule has 3 rings (SSSR count). The molecule has 1 unspecified atom stereocenters. The number of fused-ring (bicyclic) bond motifs is 1. The second kappa shape index (κ2) is 5.30. The van der Waals surface area contributed by atoms with Gasteiger partial charge in [-0.2, -0.15) is 5.26 Å². The van der Waals surface area contributed by atoms with Gasteiger partial charge in [0.2, 0.25) is 5.88 Å². The summed E-state index contributed by atoms with van der Waals surface area (Å²) in [4.78, 5) is 0. The van der Waals surface area contributed by atoms with Gasteiger partial charge in [-0.25, -0.2) is 0 Å². The van der Waals surface area contributed by atoms with E-state index in [1.807, 2.05) is 30.3 Å². The molecule has 4 N–H and O–H groups in total. The summed E-state index contributed by atoms with van der Waals surface area (Å²) in [6.45, 7) is 0. The summed E-state index contributed by atoms with van der Waals surface area (Å²) in [5.74, 6) is 0.517. The Kier molecular flexibility index (Phi) is 3.47. The van der Waals surface area contributed by atoms with E-state index < -0.39 is 0 Å². The third-order valence-electron chi connectivity index (χ3n) is 3.43. The number of hydrogen-bond donors (Lipinski definition) is 2. The van der Waals surface area contributed by atoms with Gasteiger partial charge in [0.05, 0.1) is 5.92 Å². The largest absolute Gasteiger partial charge is 0.440 e. The molecular weight excluding hydrogens is 377 g/mol. The minimum atomic E-state index is -0.228. The van der Waals surface area contributed by atoms with Crippen molar-refractivity contribution in [2.45, 2.75) is 5.92 Å². The van der Waals surface area contributed by atoms with Crippen LogP contribution in [0.15, 0.2) is 53.9 Å². The molecule has 2 aromatic carbocycles. The van der Waals surface area contributed by atoms with E-state index in [0.717, 1.165) is 14.7 Å². The fourth-order valence-corrected chi connectivity index (χ4v) is 3.07. The number of nitriles is 1. The highest BCUT2D eigenvalue weighted by Gasteiger charge is 2.30. The Bertz CT molecular complexity index is 792. The Morgan fingerprint density at radius 3 is 2.67 bits per heavy atom. The van der Waals surface area contributed by atoms with Crippen LogP contribution in [0.2, 0.25) is 0 Å². The second-order valence-corrected chi connectivity index (χ2v) is 6.02. The van der Waals surface area contributed by atoms with Crippen LogP contribution in [0.25, 0.3) is 0 Å².